The van der Waals surface area contributed by atoms with Crippen LogP contribution in [0, 0.1) is 5.92 Å². The number of aldehydes is 1. The van der Waals surface area contributed by atoms with Gasteiger partial charge in [0.25, 0.3) is 0 Å². The van der Waals surface area contributed by atoms with Crippen molar-refractivity contribution in [2.75, 3.05) is 25.6 Å². The fraction of sp³-hybridized carbons (Fsp3) is 0.304. The normalized spacial score (nSPS) is 15.3. The third-order valence-electron chi connectivity index (χ3n) is 5.07. The number of hydrogen-bond donors (Lipinski definition) is 4. The average Bonchev–Trinajstić information content (AvgIpc) is 2.86. The van der Waals surface area contributed by atoms with Crippen LogP contribution in [0.4, 0.5) is 5.69 Å². The van der Waals surface area contributed by atoms with Crippen molar-refractivity contribution in [1.29, 1.82) is 0 Å². The highest BCUT2D eigenvalue weighted by molar-refractivity contribution is 7.80. The molecule has 1 unspecified atom stereocenters. The Labute approximate surface area is 192 Å². The minimum absolute atomic E-state index is 0.0978. The zero-order valence-electron chi connectivity index (χ0n) is 17.8. The third kappa shape index (κ3) is 6.35. The van der Waals surface area contributed by atoms with E-state index >= 15 is 0 Å². The molecule has 1 heterocycles. The Balaban J connectivity index is 1.74. The number of ether oxygens (including phenoxy) is 1. The van der Waals surface area contributed by atoms with Gasteiger partial charge in [0.05, 0.1) is 5.71 Å². The second kappa shape index (κ2) is 11.9. The number of nitrogens with one attached hydrogen (secondary N) is 4. The molecule has 0 aromatic heterocycles. The van der Waals surface area contributed by atoms with E-state index in [1.54, 1.807) is 0 Å². The molecule has 2 aromatic carbocycles. The molecule has 0 bridgehead atoms. The summed E-state index contributed by atoms with van der Waals surface area (Å²) in [5, 5.41) is 6.09. The summed E-state index contributed by atoms with van der Waals surface area (Å²) in [4.78, 5) is 28.7. The van der Waals surface area contributed by atoms with E-state index in [2.05, 4.69) is 26.5 Å². The van der Waals surface area contributed by atoms with Crippen molar-refractivity contribution in [3.05, 3.63) is 65.7 Å². The van der Waals surface area contributed by atoms with Gasteiger partial charge in [-0.05, 0) is 31.1 Å². The van der Waals surface area contributed by atoms with Crippen molar-refractivity contribution < 1.29 is 14.3 Å². The van der Waals surface area contributed by atoms with Crippen LogP contribution in [-0.2, 0) is 14.3 Å². The van der Waals surface area contributed by atoms with Crippen LogP contribution in [-0.4, -0.2) is 49.4 Å². The van der Waals surface area contributed by atoms with Gasteiger partial charge in [0, 0.05) is 43.0 Å². The van der Waals surface area contributed by atoms with E-state index in [0.29, 0.717) is 38.1 Å². The summed E-state index contributed by atoms with van der Waals surface area (Å²) in [5.41, 5.74) is 8.47. The molecule has 3 rings (SSSR count). The number of rotatable bonds is 7. The summed E-state index contributed by atoms with van der Waals surface area (Å²) < 4.78 is 5.27. The van der Waals surface area contributed by atoms with E-state index in [9.17, 15) is 9.59 Å². The van der Waals surface area contributed by atoms with Gasteiger partial charge in [-0.3, -0.25) is 25.4 Å². The first-order chi connectivity index (χ1) is 15.6. The van der Waals surface area contributed by atoms with Gasteiger partial charge in [-0.15, -0.1) is 0 Å². The maximum atomic E-state index is 12.3. The molecule has 1 atom stereocenters. The van der Waals surface area contributed by atoms with Gasteiger partial charge >= 0.3 is 0 Å². The Bertz CT molecular complexity index is 961. The summed E-state index contributed by atoms with van der Waals surface area (Å²) in [6, 6.07) is 17.3. The van der Waals surface area contributed by atoms with E-state index in [4.69, 9.17) is 17.0 Å². The monoisotopic (exact) mass is 453 g/mol. The predicted octanol–water partition coefficient (Wildman–Crippen LogP) is 2.01. The minimum atomic E-state index is -0.949. The second-order valence-electron chi connectivity index (χ2n) is 7.19. The molecule has 1 saturated heterocycles. The first-order valence-electron chi connectivity index (χ1n) is 10.4. The van der Waals surface area contributed by atoms with Crippen LogP contribution >= 0.6 is 12.2 Å². The molecule has 0 spiro atoms. The van der Waals surface area contributed by atoms with Crippen LogP contribution in [0.5, 0.6) is 0 Å². The molecule has 1 fully saturated rings. The van der Waals surface area contributed by atoms with Gasteiger partial charge in [0.2, 0.25) is 5.91 Å². The Morgan fingerprint density at radius 2 is 1.78 bits per heavy atom. The highest BCUT2D eigenvalue weighted by Gasteiger charge is 2.22. The molecule has 32 heavy (non-hydrogen) atoms. The van der Waals surface area contributed by atoms with Crippen molar-refractivity contribution in [1.82, 2.24) is 16.2 Å². The molecule has 168 valence electrons. The van der Waals surface area contributed by atoms with Crippen molar-refractivity contribution in [3.8, 4) is 0 Å². The van der Waals surface area contributed by atoms with Crippen molar-refractivity contribution in [3.63, 3.8) is 0 Å². The fourth-order valence-electron chi connectivity index (χ4n) is 3.39. The number of aliphatic imine (C=N–C) groups is 1. The Morgan fingerprint density at radius 1 is 1.09 bits per heavy atom. The lowest BCUT2D eigenvalue weighted by Gasteiger charge is -2.22. The van der Waals surface area contributed by atoms with Gasteiger partial charge in [0.15, 0.2) is 17.6 Å². The van der Waals surface area contributed by atoms with Crippen LogP contribution in [0.3, 0.4) is 0 Å². The van der Waals surface area contributed by atoms with Gasteiger partial charge in [-0.2, -0.15) is 0 Å². The number of amides is 1. The number of carbonyl (C=O) groups excluding carboxylic acids is 2. The first-order valence-corrected chi connectivity index (χ1v) is 10.8. The van der Waals surface area contributed by atoms with E-state index in [1.165, 1.54) is 0 Å². The maximum Gasteiger partial charge on any atom is 0.241 e. The van der Waals surface area contributed by atoms with E-state index in [-0.39, 0.29) is 16.9 Å². The quantitative estimate of drug-likeness (QED) is 0.220. The molecule has 8 nitrogen and oxygen atoms in total. The molecule has 0 aliphatic carbocycles. The summed E-state index contributed by atoms with van der Waals surface area (Å²) in [6.07, 6.45) is 1.05. The highest BCUT2D eigenvalue weighted by atomic mass is 32.1. The van der Waals surface area contributed by atoms with Crippen molar-refractivity contribution in [2.45, 2.75) is 19.0 Å². The zero-order chi connectivity index (χ0) is 22.8. The lowest BCUT2D eigenvalue weighted by atomic mass is 10.00. The summed E-state index contributed by atoms with van der Waals surface area (Å²) in [7, 11) is 1.83. The topological polar surface area (TPSA) is 104 Å². The third-order valence-corrected chi connectivity index (χ3v) is 5.29. The smallest absolute Gasteiger partial charge is 0.241 e. The Morgan fingerprint density at radius 3 is 2.47 bits per heavy atom. The van der Waals surface area contributed by atoms with E-state index < -0.39 is 6.17 Å². The van der Waals surface area contributed by atoms with Crippen LogP contribution < -0.4 is 21.5 Å². The predicted molar refractivity (Wildman–Crippen MR) is 128 cm³/mol. The summed E-state index contributed by atoms with van der Waals surface area (Å²) in [6.45, 7) is 1.14. The summed E-state index contributed by atoms with van der Waals surface area (Å²) >= 11 is 5.25. The molecule has 9 heteroatoms. The molecule has 1 amide bonds. The molecule has 4 N–H and O–H groups in total. The molecular weight excluding hydrogens is 426 g/mol. The second-order valence-corrected chi connectivity index (χ2v) is 7.60. The van der Waals surface area contributed by atoms with Crippen LogP contribution in [0.1, 0.15) is 24.0 Å². The van der Waals surface area contributed by atoms with Gasteiger partial charge < -0.3 is 15.4 Å². The van der Waals surface area contributed by atoms with Gasteiger partial charge in [-0.25, -0.2) is 0 Å². The van der Waals surface area contributed by atoms with Crippen LogP contribution in [0.2, 0.25) is 0 Å². The van der Waals surface area contributed by atoms with E-state index in [1.807, 2.05) is 61.6 Å². The minimum Gasteiger partial charge on any atom is -0.388 e. The van der Waals surface area contributed by atoms with Crippen LogP contribution in [0.15, 0.2) is 59.6 Å². The molecule has 0 saturated carbocycles. The maximum absolute atomic E-state index is 12.3. The van der Waals surface area contributed by atoms with Gasteiger partial charge in [-0.1, -0.05) is 48.5 Å². The number of thiocarbonyl (C=S) groups is 1. The number of hydrazine groups is 1. The number of anilines is 1. The standard InChI is InChI=1S/C23H27N5O3S/c1-24-19-10-6-5-9-18(19)21(16-7-3-2-4-8-16)25-20(15-29)26-23(32)28-27-22(30)17-11-13-31-14-12-17/h2-10,15,17,20,24H,11-14H2,1H3,(H,27,30)(H2,26,28,32)/b25-21-. The first kappa shape index (κ1) is 23.4. The number of para-hydroxylation sites is 1. The number of nitrogens with zero attached hydrogens (tertiary/aromatic N) is 1. The SMILES string of the molecule is CNc1ccccc1/C(=N\C(C=O)NC(=S)NNC(=O)C1CCOCC1)c1ccccc1. The van der Waals surface area contributed by atoms with Crippen LogP contribution in [0.25, 0.3) is 0 Å². The number of carbonyl (C=O) groups is 2. The molecule has 1 aliphatic rings. The summed E-state index contributed by atoms with van der Waals surface area (Å²) in [5.74, 6) is -0.279. The average molecular weight is 454 g/mol. The number of benzene rings is 2. The largest absolute Gasteiger partial charge is 0.388 e. The molecule has 2 aromatic rings. The lowest BCUT2D eigenvalue weighted by molar-refractivity contribution is -0.128. The highest BCUT2D eigenvalue weighted by Crippen LogP contribution is 2.20. The lowest BCUT2D eigenvalue weighted by Crippen LogP contribution is -2.51. The van der Waals surface area contributed by atoms with E-state index in [0.717, 1.165) is 16.8 Å². The molecule has 1 aliphatic heterocycles. The van der Waals surface area contributed by atoms with Crippen molar-refractivity contribution in [2.24, 2.45) is 10.9 Å². The molecular formula is C23H27N5O3S. The zero-order valence-corrected chi connectivity index (χ0v) is 18.7. The fourth-order valence-corrected chi connectivity index (χ4v) is 3.56. The van der Waals surface area contributed by atoms with Gasteiger partial charge in [0.1, 0.15) is 0 Å². The number of hydrogen-bond acceptors (Lipinski definition) is 6. The Hall–Kier alpha value is -3.30. The Kier molecular flexibility index (Phi) is 8.70. The molecule has 0 radical (unpaired) electrons. The van der Waals surface area contributed by atoms with Crippen molar-refractivity contribution >= 4 is 40.9 Å².